The van der Waals surface area contributed by atoms with Crippen molar-refractivity contribution in [3.05, 3.63) is 11.9 Å². The van der Waals surface area contributed by atoms with Crippen LogP contribution in [0.5, 0.6) is 0 Å². The number of hydrogen-bond donors (Lipinski definition) is 1. The fourth-order valence-corrected chi connectivity index (χ4v) is 1.30. The van der Waals surface area contributed by atoms with Gasteiger partial charge in [-0.3, -0.25) is 0 Å². The van der Waals surface area contributed by atoms with Crippen LogP contribution in [0, 0.1) is 0 Å². The molecule has 0 aromatic carbocycles. The lowest BCUT2D eigenvalue weighted by Crippen LogP contribution is -2.17. The smallest absolute Gasteiger partial charge is 0.0290 e. The molecule has 0 bridgehead atoms. The highest BCUT2D eigenvalue weighted by Crippen LogP contribution is 2.18. The van der Waals surface area contributed by atoms with Gasteiger partial charge in [-0.2, -0.15) is 0 Å². The number of rotatable bonds is 1. The van der Waals surface area contributed by atoms with Crippen molar-refractivity contribution < 1.29 is 0 Å². The molecule has 0 saturated carbocycles. The lowest BCUT2D eigenvalue weighted by Gasteiger charge is -2.15. The maximum Gasteiger partial charge on any atom is 0.0290 e. The molecule has 0 spiro atoms. The maximum atomic E-state index is 5.40. The van der Waals surface area contributed by atoms with Gasteiger partial charge in [0.05, 0.1) is 0 Å². The van der Waals surface area contributed by atoms with Gasteiger partial charge in [-0.25, -0.2) is 0 Å². The normalized spacial score (nSPS) is 23.7. The Balaban J connectivity index is 2.52. The van der Waals surface area contributed by atoms with Gasteiger partial charge in [-0.15, -0.1) is 0 Å². The van der Waals surface area contributed by atoms with Gasteiger partial charge in [0.25, 0.3) is 0 Å². The van der Waals surface area contributed by atoms with E-state index in [4.69, 9.17) is 5.73 Å². The number of hydrogen-bond acceptors (Lipinski definition) is 2. The molecule has 1 saturated heterocycles. The summed E-state index contributed by atoms with van der Waals surface area (Å²) in [5, 5.41) is 0. The molecular weight excluding hydrogens is 112 g/mol. The van der Waals surface area contributed by atoms with E-state index in [-0.39, 0.29) is 0 Å². The van der Waals surface area contributed by atoms with E-state index in [2.05, 4.69) is 11.8 Å². The molecule has 0 amide bonds. The Morgan fingerprint density at radius 3 is 3.00 bits per heavy atom. The van der Waals surface area contributed by atoms with Crippen molar-refractivity contribution in [2.24, 2.45) is 5.73 Å². The van der Waals surface area contributed by atoms with Crippen molar-refractivity contribution in [3.8, 4) is 0 Å². The van der Waals surface area contributed by atoms with Gasteiger partial charge in [-0.05, 0) is 19.8 Å². The zero-order valence-electron chi connectivity index (χ0n) is 5.93. The second-order valence-electron chi connectivity index (χ2n) is 2.34. The maximum absolute atomic E-state index is 5.40. The van der Waals surface area contributed by atoms with Gasteiger partial charge in [0, 0.05) is 25.0 Å². The largest absolute Gasteiger partial charge is 0.403 e. The average Bonchev–Trinajstić information content (AvgIpc) is 2.33. The van der Waals surface area contributed by atoms with Gasteiger partial charge in [-0.1, -0.05) is 0 Å². The first-order valence-electron chi connectivity index (χ1n) is 3.54. The molecule has 1 heterocycles. The van der Waals surface area contributed by atoms with Crippen LogP contribution in [0.3, 0.4) is 0 Å². The van der Waals surface area contributed by atoms with Crippen molar-refractivity contribution in [1.29, 1.82) is 0 Å². The van der Waals surface area contributed by atoms with Crippen LogP contribution in [0.15, 0.2) is 11.9 Å². The molecule has 2 N–H and O–H groups in total. The van der Waals surface area contributed by atoms with E-state index < -0.39 is 0 Å². The van der Waals surface area contributed by atoms with Crippen molar-refractivity contribution >= 4 is 0 Å². The Kier molecular flexibility index (Phi) is 1.98. The molecule has 0 aromatic heterocycles. The lowest BCUT2D eigenvalue weighted by atomic mass is 10.3. The summed E-state index contributed by atoms with van der Waals surface area (Å²) < 4.78 is 0. The fraction of sp³-hybridized carbons (Fsp3) is 0.714. The van der Waals surface area contributed by atoms with Crippen molar-refractivity contribution in [1.82, 2.24) is 4.90 Å². The molecule has 0 aliphatic carbocycles. The molecule has 2 heteroatoms. The van der Waals surface area contributed by atoms with Crippen LogP contribution in [0.2, 0.25) is 0 Å². The highest BCUT2D eigenvalue weighted by molar-refractivity contribution is 5.03. The highest BCUT2D eigenvalue weighted by atomic mass is 15.1. The molecule has 0 aromatic rings. The van der Waals surface area contributed by atoms with Crippen LogP contribution < -0.4 is 5.73 Å². The van der Waals surface area contributed by atoms with E-state index in [0.717, 1.165) is 6.54 Å². The predicted octanol–water partition coefficient (Wildman–Crippen LogP) is 0.902. The summed E-state index contributed by atoms with van der Waals surface area (Å²) in [6.45, 7) is 4.46. The monoisotopic (exact) mass is 126 g/mol. The lowest BCUT2D eigenvalue weighted by molar-refractivity contribution is 0.414. The summed E-state index contributed by atoms with van der Waals surface area (Å²) >= 11 is 0. The molecule has 1 rings (SSSR count). The first-order valence-corrected chi connectivity index (χ1v) is 3.54. The highest BCUT2D eigenvalue weighted by Gasteiger charge is 2.13. The van der Waals surface area contributed by atoms with Crippen molar-refractivity contribution in [3.63, 3.8) is 0 Å². The van der Waals surface area contributed by atoms with Gasteiger partial charge in [0.15, 0.2) is 0 Å². The Bertz CT molecular complexity index is 118. The zero-order chi connectivity index (χ0) is 6.69. The quantitative estimate of drug-likeness (QED) is 0.565. The Morgan fingerprint density at radius 2 is 2.56 bits per heavy atom. The van der Waals surface area contributed by atoms with E-state index in [1.54, 1.807) is 6.20 Å². The second kappa shape index (κ2) is 2.76. The standard InChI is InChI=1S/C7H14N2/c1-2-9-5-3-4-7(9)6-8/h6H,2-5,8H2,1H3/b7-6+. The summed E-state index contributed by atoms with van der Waals surface area (Å²) in [6.07, 6.45) is 4.18. The minimum atomic E-state index is 1.10. The van der Waals surface area contributed by atoms with Crippen LogP contribution in [0.25, 0.3) is 0 Å². The molecule has 0 unspecified atom stereocenters. The van der Waals surface area contributed by atoms with Crippen LogP contribution in [0.1, 0.15) is 19.8 Å². The summed E-state index contributed by atoms with van der Waals surface area (Å²) in [5.74, 6) is 0. The van der Waals surface area contributed by atoms with Crippen LogP contribution in [-0.2, 0) is 0 Å². The van der Waals surface area contributed by atoms with Gasteiger partial charge >= 0.3 is 0 Å². The SMILES string of the molecule is CCN1CCC/C1=C\N. The zero-order valence-corrected chi connectivity index (χ0v) is 5.93. The molecule has 1 aliphatic heterocycles. The molecular formula is C7H14N2. The molecule has 52 valence electrons. The summed E-state index contributed by atoms with van der Waals surface area (Å²) in [5.41, 5.74) is 6.71. The minimum absolute atomic E-state index is 1.10. The van der Waals surface area contributed by atoms with Gasteiger partial charge in [0.2, 0.25) is 0 Å². The average molecular weight is 126 g/mol. The van der Waals surface area contributed by atoms with Gasteiger partial charge in [0.1, 0.15) is 0 Å². The second-order valence-corrected chi connectivity index (χ2v) is 2.34. The fourth-order valence-electron chi connectivity index (χ4n) is 1.30. The Labute approximate surface area is 56.3 Å². The van der Waals surface area contributed by atoms with E-state index in [9.17, 15) is 0 Å². The first kappa shape index (κ1) is 6.46. The van der Waals surface area contributed by atoms with Crippen LogP contribution in [0.4, 0.5) is 0 Å². The Morgan fingerprint density at radius 1 is 1.78 bits per heavy atom. The third-order valence-corrected chi connectivity index (χ3v) is 1.84. The third-order valence-electron chi connectivity index (χ3n) is 1.84. The molecule has 1 fully saturated rings. The van der Waals surface area contributed by atoms with E-state index in [1.807, 2.05) is 0 Å². The number of allylic oxidation sites excluding steroid dienone is 1. The van der Waals surface area contributed by atoms with Crippen molar-refractivity contribution in [2.75, 3.05) is 13.1 Å². The van der Waals surface area contributed by atoms with Crippen LogP contribution in [-0.4, -0.2) is 18.0 Å². The molecule has 0 atom stereocenters. The van der Waals surface area contributed by atoms with Crippen LogP contribution >= 0.6 is 0 Å². The molecule has 1 aliphatic rings. The molecule has 2 nitrogen and oxygen atoms in total. The third kappa shape index (κ3) is 1.18. The summed E-state index contributed by atoms with van der Waals surface area (Å²) in [4.78, 5) is 2.32. The molecule has 9 heavy (non-hydrogen) atoms. The minimum Gasteiger partial charge on any atom is -0.403 e. The van der Waals surface area contributed by atoms with Crippen molar-refractivity contribution in [2.45, 2.75) is 19.8 Å². The van der Waals surface area contributed by atoms with E-state index >= 15 is 0 Å². The van der Waals surface area contributed by atoms with E-state index in [1.165, 1.54) is 25.1 Å². The summed E-state index contributed by atoms with van der Waals surface area (Å²) in [7, 11) is 0. The predicted molar refractivity (Wildman–Crippen MR) is 38.8 cm³/mol. The Hall–Kier alpha value is -0.660. The number of likely N-dealkylation sites (tertiary alicyclic amines) is 1. The topological polar surface area (TPSA) is 29.3 Å². The number of nitrogens with zero attached hydrogens (tertiary/aromatic N) is 1. The summed E-state index contributed by atoms with van der Waals surface area (Å²) in [6, 6.07) is 0. The van der Waals surface area contributed by atoms with E-state index in [0.29, 0.717) is 0 Å². The molecule has 0 radical (unpaired) electrons. The van der Waals surface area contributed by atoms with Gasteiger partial charge < -0.3 is 10.6 Å². The first-order chi connectivity index (χ1) is 4.38. The number of nitrogens with two attached hydrogens (primary N) is 1.